The van der Waals surface area contributed by atoms with Crippen molar-refractivity contribution in [1.29, 1.82) is 0 Å². The smallest absolute Gasteiger partial charge is 0.548 e. The predicted molar refractivity (Wildman–Crippen MR) is 58.4 cm³/mol. The Morgan fingerprint density at radius 3 is 2.62 bits per heavy atom. The quantitative estimate of drug-likeness (QED) is 0.319. The number of carboxylic acid groups (broad SMARTS) is 1. The van der Waals surface area contributed by atoms with Gasteiger partial charge in [0.25, 0.3) is 0 Å². The number of rotatable bonds is 2. The number of carbonyl (C=O) groups is 2. The molecule has 0 aromatic heterocycles. The number of amides is 1. The molecule has 4 nitrogen and oxygen atoms in total. The summed E-state index contributed by atoms with van der Waals surface area (Å²) in [4.78, 5) is 24.1. The second-order valence-corrected chi connectivity index (χ2v) is 6.50. The number of thioether (sulfide) groups is 1. The Morgan fingerprint density at radius 1 is 1.62 bits per heavy atom. The number of aliphatic carboxylic acids is 1. The minimum absolute atomic E-state index is 0. The molecule has 0 aromatic carbocycles. The second kappa shape index (κ2) is 4.72. The van der Waals surface area contributed by atoms with Crippen LogP contribution in [0.15, 0.2) is 0 Å². The van der Waals surface area contributed by atoms with Gasteiger partial charge in [-0.15, -0.1) is 11.8 Å². The molecule has 3 unspecified atom stereocenters. The average Bonchev–Trinajstić information content (AvgIpc) is 2.35. The first-order chi connectivity index (χ1) is 6.90. The number of thiol groups is 1. The van der Waals surface area contributed by atoms with Crippen molar-refractivity contribution in [3.63, 3.8) is 0 Å². The van der Waals surface area contributed by atoms with Crippen LogP contribution >= 0.6 is 24.4 Å². The summed E-state index contributed by atoms with van der Waals surface area (Å²) in [6.45, 7) is 3.67. The third-order valence-corrected chi connectivity index (χ3v) is 4.99. The average molecular weight is 269 g/mol. The van der Waals surface area contributed by atoms with Crippen LogP contribution in [0.3, 0.4) is 0 Å². The number of hydrogen-bond acceptors (Lipinski definition) is 5. The van der Waals surface area contributed by atoms with Crippen molar-refractivity contribution >= 4 is 36.3 Å². The van der Waals surface area contributed by atoms with Gasteiger partial charge in [0.15, 0.2) is 0 Å². The fourth-order valence-corrected chi connectivity index (χ4v) is 4.42. The monoisotopic (exact) mass is 269 g/mol. The van der Waals surface area contributed by atoms with E-state index in [1.807, 2.05) is 13.8 Å². The number of hydrogen-bond donors (Lipinski definition) is 1. The normalized spacial score (nSPS) is 35.1. The zero-order chi connectivity index (χ0) is 11.4. The van der Waals surface area contributed by atoms with Crippen LogP contribution in [0.25, 0.3) is 0 Å². The molecule has 84 valence electrons. The first-order valence-corrected chi connectivity index (χ1v) is 6.23. The van der Waals surface area contributed by atoms with Gasteiger partial charge < -0.3 is 14.8 Å². The maximum Gasteiger partial charge on any atom is 1.00 e. The van der Waals surface area contributed by atoms with Crippen LogP contribution in [0, 0.1) is 5.92 Å². The molecule has 0 saturated carbocycles. The molecule has 0 aliphatic carbocycles. The number of β-lactam (4-membered cyclic amide) rings is 1. The molecule has 0 bridgehead atoms. The molecule has 0 N–H and O–H groups in total. The van der Waals surface area contributed by atoms with E-state index in [1.54, 1.807) is 0 Å². The van der Waals surface area contributed by atoms with E-state index in [2.05, 4.69) is 12.6 Å². The summed E-state index contributed by atoms with van der Waals surface area (Å²) < 4.78 is -0.475. The van der Waals surface area contributed by atoms with E-state index < -0.39 is 16.8 Å². The minimum Gasteiger partial charge on any atom is -0.548 e. The van der Waals surface area contributed by atoms with E-state index in [9.17, 15) is 14.7 Å². The Bertz CT molecular complexity index is 337. The maximum absolute atomic E-state index is 11.6. The van der Waals surface area contributed by atoms with Gasteiger partial charge in [0.1, 0.15) is 0 Å². The molecule has 7 heteroatoms. The van der Waals surface area contributed by atoms with Gasteiger partial charge in [-0.05, 0) is 13.8 Å². The van der Waals surface area contributed by atoms with Crippen LogP contribution in [0.4, 0.5) is 0 Å². The molecule has 2 heterocycles. The van der Waals surface area contributed by atoms with Crippen molar-refractivity contribution in [3.8, 4) is 0 Å². The fraction of sp³-hybridized carbons (Fsp3) is 0.778. The summed E-state index contributed by atoms with van der Waals surface area (Å²) in [5, 5.41) is 11.0. The van der Waals surface area contributed by atoms with Crippen molar-refractivity contribution < 1.29 is 44.3 Å². The van der Waals surface area contributed by atoms with Crippen LogP contribution < -0.4 is 34.7 Å². The fourth-order valence-electron chi connectivity index (χ4n) is 2.24. The predicted octanol–water partition coefficient (Wildman–Crippen LogP) is -3.65. The van der Waals surface area contributed by atoms with Crippen molar-refractivity contribution in [1.82, 2.24) is 4.90 Å². The largest absolute Gasteiger partial charge is 1.00 e. The van der Waals surface area contributed by atoms with E-state index in [0.29, 0.717) is 5.75 Å². The van der Waals surface area contributed by atoms with E-state index in [4.69, 9.17) is 0 Å². The Balaban J connectivity index is 0.00000128. The second-order valence-electron chi connectivity index (χ2n) is 4.37. The van der Waals surface area contributed by atoms with Gasteiger partial charge in [0, 0.05) is 10.5 Å². The number of carbonyl (C=O) groups excluding carboxylic acids is 2. The van der Waals surface area contributed by atoms with Gasteiger partial charge in [-0.3, -0.25) is 4.79 Å². The third kappa shape index (κ3) is 1.92. The third-order valence-electron chi connectivity index (χ3n) is 2.97. The van der Waals surface area contributed by atoms with Gasteiger partial charge in [0.05, 0.1) is 23.3 Å². The number of fused-ring (bicyclic) bond motifs is 1. The topological polar surface area (TPSA) is 60.4 Å². The van der Waals surface area contributed by atoms with Crippen molar-refractivity contribution in [2.45, 2.75) is 30.0 Å². The van der Waals surface area contributed by atoms with Gasteiger partial charge in [-0.2, -0.15) is 12.6 Å². The van der Waals surface area contributed by atoms with Crippen molar-refractivity contribution in [3.05, 3.63) is 0 Å². The molecule has 3 atom stereocenters. The molecule has 2 saturated heterocycles. The SMILES string of the molecule is CC1(C)SC2C(CS)C(=O)N2C1C(=O)[O-].[Na+]. The molecule has 2 aliphatic rings. The Labute approximate surface area is 126 Å². The summed E-state index contributed by atoms with van der Waals surface area (Å²) >= 11 is 5.63. The molecule has 2 rings (SSSR count). The van der Waals surface area contributed by atoms with Gasteiger partial charge >= 0.3 is 29.6 Å². The zero-order valence-electron chi connectivity index (χ0n) is 9.47. The maximum atomic E-state index is 11.6. The molecule has 16 heavy (non-hydrogen) atoms. The summed E-state index contributed by atoms with van der Waals surface area (Å²) in [7, 11) is 0. The van der Waals surface area contributed by atoms with Crippen LogP contribution in [-0.2, 0) is 9.59 Å². The van der Waals surface area contributed by atoms with Crippen LogP contribution in [0.2, 0.25) is 0 Å². The summed E-state index contributed by atoms with van der Waals surface area (Å²) in [6, 6.07) is -0.809. The van der Waals surface area contributed by atoms with E-state index >= 15 is 0 Å². The summed E-state index contributed by atoms with van der Waals surface area (Å²) in [5.74, 6) is -0.937. The molecule has 2 fully saturated rings. The molecular weight excluding hydrogens is 257 g/mol. The van der Waals surface area contributed by atoms with Gasteiger partial charge in [-0.1, -0.05) is 0 Å². The Morgan fingerprint density at radius 2 is 2.19 bits per heavy atom. The van der Waals surface area contributed by atoms with E-state index in [0.717, 1.165) is 0 Å². The number of carboxylic acids is 1. The Hall–Kier alpha value is 0.640. The molecule has 0 radical (unpaired) electrons. The van der Waals surface area contributed by atoms with Crippen LogP contribution in [0.1, 0.15) is 13.8 Å². The number of nitrogens with zero attached hydrogens (tertiary/aromatic N) is 1. The standard InChI is InChI=1S/C9H13NO3S2.Na/c1-9(2)5(8(12)13)10-6(11)4(3-14)7(10)15-9;/h4-5,7,14H,3H2,1-2H3,(H,12,13);/q;+1/p-1. The van der Waals surface area contributed by atoms with Crippen molar-refractivity contribution in [2.75, 3.05) is 5.75 Å². The first-order valence-electron chi connectivity index (χ1n) is 4.72. The molecular formula is C9H12NNaO3S2. The first kappa shape index (κ1) is 14.7. The molecule has 2 aliphatic heterocycles. The summed E-state index contributed by atoms with van der Waals surface area (Å²) in [5.41, 5.74) is 0. The van der Waals surface area contributed by atoms with Crippen LogP contribution in [0.5, 0.6) is 0 Å². The molecule has 0 aromatic rings. The van der Waals surface area contributed by atoms with Gasteiger partial charge in [-0.25, -0.2) is 0 Å². The van der Waals surface area contributed by atoms with E-state index in [-0.39, 0.29) is 46.8 Å². The molecule has 0 spiro atoms. The zero-order valence-corrected chi connectivity index (χ0v) is 13.2. The summed E-state index contributed by atoms with van der Waals surface area (Å²) in [6.07, 6.45) is 0. The van der Waals surface area contributed by atoms with Crippen LogP contribution in [-0.4, -0.2) is 38.7 Å². The van der Waals surface area contributed by atoms with Crippen molar-refractivity contribution in [2.24, 2.45) is 5.92 Å². The van der Waals surface area contributed by atoms with E-state index in [1.165, 1.54) is 16.7 Å². The minimum atomic E-state index is -1.17. The van der Waals surface area contributed by atoms with Gasteiger partial charge in [0.2, 0.25) is 5.91 Å². The molecule has 1 amide bonds. The Kier molecular flexibility index (Phi) is 4.34.